The van der Waals surface area contributed by atoms with E-state index >= 15 is 0 Å². The molecule has 0 N–H and O–H groups in total. The van der Waals surface area contributed by atoms with Crippen LogP contribution in [0, 0.1) is 17.8 Å². The fraction of sp³-hybridized carbons (Fsp3) is 0.632. The summed E-state index contributed by atoms with van der Waals surface area (Å²) in [5, 5.41) is 0. The van der Waals surface area contributed by atoms with E-state index in [1.54, 1.807) is 0 Å². The summed E-state index contributed by atoms with van der Waals surface area (Å²) < 4.78 is 10.6. The fourth-order valence-corrected chi connectivity index (χ4v) is 1.51. The Labute approximate surface area is 136 Å². The first-order chi connectivity index (χ1) is 10.0. The zero-order valence-corrected chi connectivity index (χ0v) is 15.2. The highest BCUT2D eigenvalue weighted by atomic mass is 16.5. The van der Waals surface area contributed by atoms with Gasteiger partial charge in [-0.25, -0.2) is 0 Å². The van der Waals surface area contributed by atoms with E-state index in [-0.39, 0.29) is 16.8 Å². The summed E-state index contributed by atoms with van der Waals surface area (Å²) in [6, 6.07) is 10.3. The molecule has 0 saturated heterocycles. The van der Waals surface area contributed by atoms with Crippen LogP contribution in [0.3, 0.4) is 0 Å². The van der Waals surface area contributed by atoms with Crippen LogP contribution in [0.5, 0.6) is 0 Å². The Morgan fingerprint density at radius 3 is 1.86 bits per heavy atom. The highest BCUT2D eigenvalue weighted by molar-refractivity contribution is 5.65. The Bertz CT molecular complexity index is 416. The minimum atomic E-state index is -0.237. The first-order valence-corrected chi connectivity index (χ1v) is 7.75. The molecule has 0 radical (unpaired) electrons. The highest BCUT2D eigenvalue weighted by Gasteiger charge is 2.21. The SMILES string of the molecule is CC(=O)OCC(C)(C)COCC(C)(C)C.Cc1ccccc1. The number of hydrogen-bond acceptors (Lipinski definition) is 3. The third-order valence-electron chi connectivity index (χ3n) is 2.63. The molecule has 0 atom stereocenters. The first-order valence-electron chi connectivity index (χ1n) is 7.75. The van der Waals surface area contributed by atoms with Gasteiger partial charge in [-0.15, -0.1) is 0 Å². The van der Waals surface area contributed by atoms with E-state index in [2.05, 4.69) is 39.8 Å². The van der Waals surface area contributed by atoms with Gasteiger partial charge in [-0.2, -0.15) is 0 Å². The molecule has 3 nitrogen and oxygen atoms in total. The van der Waals surface area contributed by atoms with Crippen molar-refractivity contribution in [1.82, 2.24) is 0 Å². The summed E-state index contributed by atoms with van der Waals surface area (Å²) in [6.45, 7) is 15.7. The van der Waals surface area contributed by atoms with Gasteiger partial charge in [-0.05, 0) is 12.3 Å². The summed E-state index contributed by atoms with van der Waals surface area (Å²) in [6.07, 6.45) is 0. The Hall–Kier alpha value is -1.35. The van der Waals surface area contributed by atoms with Gasteiger partial charge in [0.1, 0.15) is 0 Å². The monoisotopic (exact) mass is 308 g/mol. The molecule has 22 heavy (non-hydrogen) atoms. The molecule has 0 saturated carbocycles. The second-order valence-electron chi connectivity index (χ2n) is 7.65. The Balaban J connectivity index is 0.000000518. The van der Waals surface area contributed by atoms with E-state index in [9.17, 15) is 4.79 Å². The van der Waals surface area contributed by atoms with Crippen LogP contribution in [-0.4, -0.2) is 25.8 Å². The van der Waals surface area contributed by atoms with Gasteiger partial charge in [0.25, 0.3) is 0 Å². The van der Waals surface area contributed by atoms with Gasteiger partial charge >= 0.3 is 5.97 Å². The lowest BCUT2D eigenvalue weighted by atomic mass is 9.95. The molecule has 0 fully saturated rings. The molecule has 0 bridgehead atoms. The zero-order chi connectivity index (χ0) is 17.2. The van der Waals surface area contributed by atoms with E-state index in [1.807, 2.05) is 32.0 Å². The molecule has 0 aliphatic carbocycles. The maximum Gasteiger partial charge on any atom is 0.302 e. The Morgan fingerprint density at radius 2 is 1.50 bits per heavy atom. The molecule has 0 unspecified atom stereocenters. The van der Waals surface area contributed by atoms with Crippen LogP contribution in [0.25, 0.3) is 0 Å². The summed E-state index contributed by atoms with van der Waals surface area (Å²) in [5.74, 6) is -0.237. The van der Waals surface area contributed by atoms with Crippen molar-refractivity contribution in [2.75, 3.05) is 19.8 Å². The minimum Gasteiger partial charge on any atom is -0.465 e. The van der Waals surface area contributed by atoms with E-state index in [1.165, 1.54) is 12.5 Å². The first kappa shape index (κ1) is 20.6. The summed E-state index contributed by atoms with van der Waals surface area (Å²) in [5.41, 5.74) is 1.39. The van der Waals surface area contributed by atoms with Gasteiger partial charge in [0.05, 0.1) is 19.8 Å². The van der Waals surface area contributed by atoms with Crippen molar-refractivity contribution >= 4 is 5.97 Å². The number of esters is 1. The number of carbonyl (C=O) groups is 1. The lowest BCUT2D eigenvalue weighted by Crippen LogP contribution is -2.28. The van der Waals surface area contributed by atoms with Crippen molar-refractivity contribution in [1.29, 1.82) is 0 Å². The van der Waals surface area contributed by atoms with Crippen molar-refractivity contribution in [3.63, 3.8) is 0 Å². The number of ether oxygens (including phenoxy) is 2. The number of aryl methyl sites for hydroxylation is 1. The molecule has 0 spiro atoms. The predicted molar refractivity (Wildman–Crippen MR) is 91.9 cm³/mol. The molecule has 126 valence electrons. The number of carbonyl (C=O) groups excluding carboxylic acids is 1. The normalized spacial score (nSPS) is 11.4. The maximum absolute atomic E-state index is 10.7. The topological polar surface area (TPSA) is 35.5 Å². The molecule has 0 aliphatic rings. The number of rotatable bonds is 5. The molecule has 0 aromatic heterocycles. The second kappa shape index (κ2) is 9.62. The lowest BCUT2D eigenvalue weighted by molar-refractivity contribution is -0.145. The minimum absolute atomic E-state index is 0.114. The zero-order valence-electron chi connectivity index (χ0n) is 15.2. The Kier molecular flexibility index (Phi) is 9.03. The quantitative estimate of drug-likeness (QED) is 0.744. The van der Waals surface area contributed by atoms with Crippen molar-refractivity contribution < 1.29 is 14.3 Å². The van der Waals surface area contributed by atoms with Crippen LogP contribution in [0.1, 0.15) is 47.1 Å². The average molecular weight is 308 g/mol. The van der Waals surface area contributed by atoms with Crippen molar-refractivity contribution in [2.45, 2.75) is 48.5 Å². The van der Waals surface area contributed by atoms with E-state index in [4.69, 9.17) is 9.47 Å². The van der Waals surface area contributed by atoms with Crippen LogP contribution in [0.4, 0.5) is 0 Å². The van der Waals surface area contributed by atoms with E-state index < -0.39 is 0 Å². The summed E-state index contributed by atoms with van der Waals surface area (Å²) in [4.78, 5) is 10.7. The van der Waals surface area contributed by atoms with Crippen LogP contribution in [0.15, 0.2) is 30.3 Å². The molecule has 3 heteroatoms. The van der Waals surface area contributed by atoms with Crippen LogP contribution < -0.4 is 0 Å². The third-order valence-corrected chi connectivity index (χ3v) is 2.63. The van der Waals surface area contributed by atoms with Crippen LogP contribution >= 0.6 is 0 Å². The maximum atomic E-state index is 10.7. The molecular formula is C19H32O3. The molecule has 0 heterocycles. The predicted octanol–water partition coefficient (Wildman–Crippen LogP) is 4.63. The van der Waals surface area contributed by atoms with Crippen molar-refractivity contribution in [3.8, 4) is 0 Å². The van der Waals surface area contributed by atoms with Gasteiger partial charge < -0.3 is 9.47 Å². The molecule has 0 aliphatic heterocycles. The van der Waals surface area contributed by atoms with E-state index in [0.29, 0.717) is 13.2 Å². The summed E-state index contributed by atoms with van der Waals surface area (Å²) in [7, 11) is 0. The third kappa shape index (κ3) is 13.6. The van der Waals surface area contributed by atoms with Crippen molar-refractivity contribution in [2.24, 2.45) is 10.8 Å². The van der Waals surface area contributed by atoms with Gasteiger partial charge in [-0.3, -0.25) is 4.79 Å². The number of benzene rings is 1. The average Bonchev–Trinajstić information content (AvgIpc) is 2.36. The standard InChI is InChI=1S/C12H24O3.C7H8/c1-10(13)15-9-12(5,6)8-14-7-11(2,3)4;1-7-5-3-2-4-6-7/h7-9H2,1-6H3;2-6H,1H3. The summed E-state index contributed by atoms with van der Waals surface area (Å²) >= 11 is 0. The second-order valence-corrected chi connectivity index (χ2v) is 7.65. The van der Waals surface area contributed by atoms with Gasteiger partial charge in [-0.1, -0.05) is 70.5 Å². The highest BCUT2D eigenvalue weighted by Crippen LogP contribution is 2.19. The van der Waals surface area contributed by atoms with Gasteiger partial charge in [0.15, 0.2) is 0 Å². The molecule has 1 rings (SSSR count). The molecule has 1 aromatic carbocycles. The number of hydrogen-bond donors (Lipinski definition) is 0. The molecule has 0 amide bonds. The smallest absolute Gasteiger partial charge is 0.302 e. The van der Waals surface area contributed by atoms with Crippen LogP contribution in [0.2, 0.25) is 0 Å². The van der Waals surface area contributed by atoms with Crippen LogP contribution in [-0.2, 0) is 14.3 Å². The fourth-order valence-electron chi connectivity index (χ4n) is 1.51. The van der Waals surface area contributed by atoms with Crippen molar-refractivity contribution in [3.05, 3.63) is 35.9 Å². The molecular weight excluding hydrogens is 276 g/mol. The lowest BCUT2D eigenvalue weighted by Gasteiger charge is -2.26. The Morgan fingerprint density at radius 1 is 0.955 bits per heavy atom. The van der Waals surface area contributed by atoms with E-state index in [0.717, 1.165) is 6.61 Å². The molecule has 1 aromatic rings. The van der Waals surface area contributed by atoms with Gasteiger partial charge in [0.2, 0.25) is 0 Å². The largest absolute Gasteiger partial charge is 0.465 e. The van der Waals surface area contributed by atoms with Gasteiger partial charge in [0, 0.05) is 12.3 Å².